The standard InChI is InChI=1S/C18H30N4O2.HI/c1-3-19-18(21-12-17-7-4-6-15(2)22-17)20-9-5-10-23-13-16-8-11-24-14-16;/h4,6-7,16H,3,5,8-14H2,1-2H3,(H2,19,20,21);1H. The summed E-state index contributed by atoms with van der Waals surface area (Å²) in [5.41, 5.74) is 2.00. The molecule has 0 bridgehead atoms. The van der Waals surface area contributed by atoms with E-state index in [0.717, 1.165) is 69.7 Å². The number of rotatable bonds is 9. The van der Waals surface area contributed by atoms with E-state index < -0.39 is 0 Å². The van der Waals surface area contributed by atoms with Gasteiger partial charge in [0.05, 0.1) is 25.5 Å². The van der Waals surface area contributed by atoms with Crippen molar-refractivity contribution >= 4 is 29.9 Å². The minimum absolute atomic E-state index is 0. The third-order valence-corrected chi connectivity index (χ3v) is 3.82. The normalized spacial score (nSPS) is 17.2. The second-order valence-electron chi connectivity index (χ2n) is 6.05. The van der Waals surface area contributed by atoms with Crippen molar-refractivity contribution in [1.82, 2.24) is 15.6 Å². The van der Waals surface area contributed by atoms with Crippen LogP contribution in [0.2, 0.25) is 0 Å². The number of aliphatic imine (C=N–C) groups is 1. The molecular formula is C18H31IN4O2. The van der Waals surface area contributed by atoms with E-state index >= 15 is 0 Å². The van der Waals surface area contributed by atoms with Crippen LogP contribution >= 0.6 is 24.0 Å². The Bertz CT molecular complexity index is 508. The average molecular weight is 462 g/mol. The molecule has 25 heavy (non-hydrogen) atoms. The molecule has 7 heteroatoms. The summed E-state index contributed by atoms with van der Waals surface area (Å²) in [6, 6.07) is 6.01. The Hall–Kier alpha value is -0.930. The predicted molar refractivity (Wildman–Crippen MR) is 112 cm³/mol. The van der Waals surface area contributed by atoms with E-state index in [9.17, 15) is 0 Å². The first-order chi connectivity index (χ1) is 11.8. The van der Waals surface area contributed by atoms with Crippen LogP contribution in [0.3, 0.4) is 0 Å². The van der Waals surface area contributed by atoms with Crippen LogP contribution < -0.4 is 10.6 Å². The van der Waals surface area contributed by atoms with Crippen LogP contribution in [-0.2, 0) is 16.0 Å². The number of aryl methyl sites for hydroxylation is 1. The van der Waals surface area contributed by atoms with Crippen molar-refractivity contribution in [1.29, 1.82) is 0 Å². The monoisotopic (exact) mass is 462 g/mol. The lowest BCUT2D eigenvalue weighted by Crippen LogP contribution is -2.38. The highest BCUT2D eigenvalue weighted by atomic mass is 127. The summed E-state index contributed by atoms with van der Waals surface area (Å²) < 4.78 is 11.1. The maximum atomic E-state index is 5.71. The number of hydrogen-bond donors (Lipinski definition) is 2. The first-order valence-corrected chi connectivity index (χ1v) is 8.88. The van der Waals surface area contributed by atoms with Crippen LogP contribution in [-0.4, -0.2) is 50.5 Å². The zero-order valence-electron chi connectivity index (χ0n) is 15.3. The lowest BCUT2D eigenvalue weighted by Gasteiger charge is -2.12. The highest BCUT2D eigenvalue weighted by Gasteiger charge is 2.15. The highest BCUT2D eigenvalue weighted by Crippen LogP contribution is 2.12. The van der Waals surface area contributed by atoms with Gasteiger partial charge in [-0.25, -0.2) is 4.99 Å². The molecule has 2 rings (SSSR count). The van der Waals surface area contributed by atoms with Crippen LogP contribution in [0.15, 0.2) is 23.2 Å². The lowest BCUT2D eigenvalue weighted by molar-refractivity contribution is 0.0888. The van der Waals surface area contributed by atoms with Crippen LogP contribution in [0.25, 0.3) is 0 Å². The van der Waals surface area contributed by atoms with E-state index in [1.165, 1.54) is 0 Å². The molecule has 1 atom stereocenters. The summed E-state index contributed by atoms with van der Waals surface area (Å²) in [6.07, 6.45) is 2.09. The van der Waals surface area contributed by atoms with Gasteiger partial charge in [-0.15, -0.1) is 24.0 Å². The second kappa shape index (κ2) is 13.3. The van der Waals surface area contributed by atoms with Gasteiger partial charge in [0.25, 0.3) is 0 Å². The number of hydrogen-bond acceptors (Lipinski definition) is 4. The fraction of sp³-hybridized carbons (Fsp3) is 0.667. The van der Waals surface area contributed by atoms with Gasteiger partial charge in [0, 0.05) is 37.9 Å². The van der Waals surface area contributed by atoms with Crippen LogP contribution in [0.5, 0.6) is 0 Å². The van der Waals surface area contributed by atoms with Crippen molar-refractivity contribution in [3.8, 4) is 0 Å². The number of nitrogens with one attached hydrogen (secondary N) is 2. The highest BCUT2D eigenvalue weighted by molar-refractivity contribution is 14.0. The molecule has 1 saturated heterocycles. The topological polar surface area (TPSA) is 67.8 Å². The molecule has 1 fully saturated rings. The fourth-order valence-corrected chi connectivity index (χ4v) is 2.54. The lowest BCUT2D eigenvalue weighted by atomic mass is 10.1. The van der Waals surface area contributed by atoms with E-state index in [2.05, 4.69) is 27.5 Å². The number of aromatic nitrogens is 1. The van der Waals surface area contributed by atoms with E-state index in [1.807, 2.05) is 25.1 Å². The van der Waals surface area contributed by atoms with Gasteiger partial charge in [-0.05, 0) is 38.8 Å². The second-order valence-corrected chi connectivity index (χ2v) is 6.05. The molecule has 0 spiro atoms. The van der Waals surface area contributed by atoms with Crippen molar-refractivity contribution in [2.24, 2.45) is 10.9 Å². The molecule has 0 radical (unpaired) electrons. The Kier molecular flexibility index (Phi) is 11.8. The van der Waals surface area contributed by atoms with Gasteiger partial charge < -0.3 is 20.1 Å². The maximum Gasteiger partial charge on any atom is 0.191 e. The van der Waals surface area contributed by atoms with Gasteiger partial charge in [0.1, 0.15) is 0 Å². The van der Waals surface area contributed by atoms with Crippen molar-refractivity contribution in [3.63, 3.8) is 0 Å². The Labute approximate surface area is 168 Å². The third-order valence-electron chi connectivity index (χ3n) is 3.82. The van der Waals surface area contributed by atoms with Gasteiger partial charge in [-0.2, -0.15) is 0 Å². The molecular weight excluding hydrogens is 431 g/mol. The molecule has 142 valence electrons. The summed E-state index contributed by atoms with van der Waals surface area (Å²) in [5.74, 6) is 1.41. The van der Waals surface area contributed by atoms with Crippen LogP contribution in [0, 0.1) is 12.8 Å². The molecule has 6 nitrogen and oxygen atoms in total. The van der Waals surface area contributed by atoms with E-state index in [4.69, 9.17) is 9.47 Å². The first kappa shape index (κ1) is 22.1. The number of guanidine groups is 1. The zero-order chi connectivity index (χ0) is 17.0. The van der Waals surface area contributed by atoms with Crippen molar-refractivity contribution in [2.75, 3.05) is 39.5 Å². The third kappa shape index (κ3) is 9.37. The molecule has 1 aliphatic heterocycles. The Morgan fingerprint density at radius 1 is 1.40 bits per heavy atom. The van der Waals surface area contributed by atoms with E-state index in [0.29, 0.717) is 12.5 Å². The van der Waals surface area contributed by atoms with Crippen molar-refractivity contribution < 1.29 is 9.47 Å². The van der Waals surface area contributed by atoms with Gasteiger partial charge in [0.2, 0.25) is 0 Å². The number of halogens is 1. The maximum absolute atomic E-state index is 5.71. The fourth-order valence-electron chi connectivity index (χ4n) is 2.54. The summed E-state index contributed by atoms with van der Waals surface area (Å²) in [5, 5.41) is 6.60. The van der Waals surface area contributed by atoms with Crippen molar-refractivity contribution in [3.05, 3.63) is 29.6 Å². The summed E-state index contributed by atoms with van der Waals surface area (Å²) >= 11 is 0. The molecule has 1 aliphatic rings. The van der Waals surface area contributed by atoms with Crippen LogP contribution in [0.1, 0.15) is 31.2 Å². The predicted octanol–water partition coefficient (Wildman–Crippen LogP) is 2.51. The molecule has 0 amide bonds. The summed E-state index contributed by atoms with van der Waals surface area (Å²) in [7, 11) is 0. The van der Waals surface area contributed by atoms with Crippen LogP contribution in [0.4, 0.5) is 0 Å². The van der Waals surface area contributed by atoms with Gasteiger partial charge >= 0.3 is 0 Å². The molecule has 1 aromatic heterocycles. The van der Waals surface area contributed by atoms with Crippen molar-refractivity contribution in [2.45, 2.75) is 33.2 Å². The number of pyridine rings is 1. The average Bonchev–Trinajstić information content (AvgIpc) is 3.09. The minimum atomic E-state index is 0. The Morgan fingerprint density at radius 2 is 2.28 bits per heavy atom. The van der Waals surface area contributed by atoms with Gasteiger partial charge in [-0.1, -0.05) is 6.07 Å². The number of ether oxygens (including phenoxy) is 2. The molecule has 1 unspecified atom stereocenters. The largest absolute Gasteiger partial charge is 0.381 e. The van der Waals surface area contributed by atoms with E-state index in [1.54, 1.807) is 0 Å². The number of nitrogens with zero attached hydrogens (tertiary/aromatic N) is 2. The summed E-state index contributed by atoms with van der Waals surface area (Å²) in [6.45, 7) is 9.63. The smallest absolute Gasteiger partial charge is 0.191 e. The Balaban J connectivity index is 0.00000312. The molecule has 0 aliphatic carbocycles. The molecule has 2 heterocycles. The quantitative estimate of drug-likeness (QED) is 0.256. The molecule has 1 aromatic rings. The van der Waals surface area contributed by atoms with Gasteiger partial charge in [-0.3, -0.25) is 4.98 Å². The van der Waals surface area contributed by atoms with E-state index in [-0.39, 0.29) is 24.0 Å². The Morgan fingerprint density at radius 3 is 3.00 bits per heavy atom. The minimum Gasteiger partial charge on any atom is -0.381 e. The molecule has 0 aromatic carbocycles. The summed E-state index contributed by atoms with van der Waals surface area (Å²) in [4.78, 5) is 9.05. The van der Waals surface area contributed by atoms with Gasteiger partial charge in [0.15, 0.2) is 5.96 Å². The zero-order valence-corrected chi connectivity index (χ0v) is 17.6. The SMILES string of the molecule is CCNC(=NCc1cccc(C)n1)NCCCOCC1CCOC1.I. The molecule has 0 saturated carbocycles. The first-order valence-electron chi connectivity index (χ1n) is 8.88. The molecule has 2 N–H and O–H groups in total.